The van der Waals surface area contributed by atoms with Crippen molar-refractivity contribution in [3.05, 3.63) is 24.3 Å². The second kappa shape index (κ2) is 10.5. The van der Waals surface area contributed by atoms with Crippen LogP contribution in [0.3, 0.4) is 0 Å². The van der Waals surface area contributed by atoms with Gasteiger partial charge in [0.1, 0.15) is 12.4 Å². The first-order chi connectivity index (χ1) is 10.2. The molecular formula is C17H31N3O. The van der Waals surface area contributed by atoms with Gasteiger partial charge in [0.25, 0.3) is 0 Å². The molecule has 0 aliphatic rings. The van der Waals surface area contributed by atoms with E-state index < -0.39 is 0 Å². The lowest BCUT2D eigenvalue weighted by Gasteiger charge is -2.23. The lowest BCUT2D eigenvalue weighted by Crippen LogP contribution is -2.32. The highest BCUT2D eigenvalue weighted by Crippen LogP contribution is 2.14. The van der Waals surface area contributed by atoms with E-state index in [4.69, 9.17) is 10.5 Å². The van der Waals surface area contributed by atoms with E-state index in [-0.39, 0.29) is 0 Å². The van der Waals surface area contributed by atoms with Crippen LogP contribution in [-0.4, -0.2) is 55.7 Å². The van der Waals surface area contributed by atoms with Gasteiger partial charge in [-0.1, -0.05) is 26.8 Å². The van der Waals surface area contributed by atoms with Crippen LogP contribution in [0.5, 0.6) is 5.75 Å². The molecule has 0 fully saturated rings. The molecule has 4 nitrogen and oxygen atoms in total. The van der Waals surface area contributed by atoms with Crippen molar-refractivity contribution < 1.29 is 4.74 Å². The average molecular weight is 293 g/mol. The van der Waals surface area contributed by atoms with Crippen molar-refractivity contribution in [2.75, 3.05) is 51.6 Å². The highest BCUT2D eigenvalue weighted by atomic mass is 16.5. The number of nitrogens with two attached hydrogens (primary N) is 1. The van der Waals surface area contributed by atoms with E-state index in [0.717, 1.165) is 44.2 Å². The van der Waals surface area contributed by atoms with Crippen LogP contribution in [-0.2, 0) is 0 Å². The summed E-state index contributed by atoms with van der Waals surface area (Å²) in [6, 6.07) is 7.62. The topological polar surface area (TPSA) is 41.7 Å². The molecule has 4 heteroatoms. The molecule has 0 aliphatic heterocycles. The molecule has 120 valence electrons. The molecule has 0 aliphatic carbocycles. The molecular weight excluding hydrogens is 262 g/mol. The molecule has 21 heavy (non-hydrogen) atoms. The van der Waals surface area contributed by atoms with Crippen molar-refractivity contribution in [2.24, 2.45) is 0 Å². The summed E-state index contributed by atoms with van der Waals surface area (Å²) in [6.45, 7) is 14.0. The molecule has 0 saturated carbocycles. The Balaban J connectivity index is 2.21. The summed E-state index contributed by atoms with van der Waals surface area (Å²) in [5.74, 6) is 0.856. The standard InChI is InChI=1S/C17H31N3O/c1-4-19(5-2)11-8-12-20(6-3)13-14-21-17-10-7-9-16(18)15-17/h7,9-10,15H,4-6,8,11-14,18H2,1-3H3. The van der Waals surface area contributed by atoms with E-state index in [1.807, 2.05) is 24.3 Å². The van der Waals surface area contributed by atoms with E-state index in [1.165, 1.54) is 13.0 Å². The number of ether oxygens (including phenoxy) is 1. The molecule has 1 aromatic rings. The molecule has 0 atom stereocenters. The van der Waals surface area contributed by atoms with Crippen LogP contribution < -0.4 is 10.5 Å². The van der Waals surface area contributed by atoms with Crippen LogP contribution in [0.1, 0.15) is 27.2 Å². The largest absolute Gasteiger partial charge is 0.492 e. The number of hydrogen-bond donors (Lipinski definition) is 1. The molecule has 0 spiro atoms. The fourth-order valence-corrected chi connectivity index (χ4v) is 2.38. The lowest BCUT2D eigenvalue weighted by atomic mass is 10.3. The quantitative estimate of drug-likeness (QED) is 0.637. The van der Waals surface area contributed by atoms with Crippen LogP contribution in [0.4, 0.5) is 5.69 Å². The Kier molecular flexibility index (Phi) is 8.87. The van der Waals surface area contributed by atoms with Gasteiger partial charge in [0, 0.05) is 18.3 Å². The fraction of sp³-hybridized carbons (Fsp3) is 0.647. The van der Waals surface area contributed by atoms with Gasteiger partial charge in [-0.2, -0.15) is 0 Å². The van der Waals surface area contributed by atoms with Crippen LogP contribution in [0.25, 0.3) is 0 Å². The molecule has 0 heterocycles. The monoisotopic (exact) mass is 293 g/mol. The summed E-state index contributed by atoms with van der Waals surface area (Å²) < 4.78 is 5.76. The number of anilines is 1. The van der Waals surface area contributed by atoms with Gasteiger partial charge in [-0.25, -0.2) is 0 Å². The molecule has 0 amide bonds. The Morgan fingerprint density at radius 1 is 0.952 bits per heavy atom. The van der Waals surface area contributed by atoms with E-state index in [9.17, 15) is 0 Å². The maximum atomic E-state index is 5.76. The van der Waals surface area contributed by atoms with Crippen molar-refractivity contribution in [1.29, 1.82) is 0 Å². The van der Waals surface area contributed by atoms with Gasteiger partial charge in [0.15, 0.2) is 0 Å². The van der Waals surface area contributed by atoms with Crippen LogP contribution in [0.15, 0.2) is 24.3 Å². The fourth-order valence-electron chi connectivity index (χ4n) is 2.38. The van der Waals surface area contributed by atoms with Crippen molar-refractivity contribution in [3.63, 3.8) is 0 Å². The summed E-state index contributed by atoms with van der Waals surface area (Å²) >= 11 is 0. The second-order valence-electron chi connectivity index (χ2n) is 5.24. The van der Waals surface area contributed by atoms with Gasteiger partial charge in [-0.05, 0) is 51.3 Å². The predicted molar refractivity (Wildman–Crippen MR) is 90.9 cm³/mol. The number of rotatable bonds is 11. The van der Waals surface area contributed by atoms with Gasteiger partial charge in [-0.15, -0.1) is 0 Å². The Hall–Kier alpha value is -1.26. The third-order valence-electron chi connectivity index (χ3n) is 3.82. The number of nitrogen functional groups attached to an aromatic ring is 1. The zero-order valence-electron chi connectivity index (χ0n) is 13.8. The molecule has 0 aromatic heterocycles. The number of likely N-dealkylation sites (N-methyl/N-ethyl adjacent to an activating group) is 1. The van der Waals surface area contributed by atoms with E-state index in [2.05, 4.69) is 30.6 Å². The SMILES string of the molecule is CCN(CC)CCCN(CC)CCOc1cccc(N)c1. The maximum absolute atomic E-state index is 5.76. The number of hydrogen-bond acceptors (Lipinski definition) is 4. The molecule has 0 unspecified atom stereocenters. The number of benzene rings is 1. The molecule has 0 saturated heterocycles. The highest BCUT2D eigenvalue weighted by molar-refractivity contribution is 5.43. The average Bonchev–Trinajstić information content (AvgIpc) is 2.50. The smallest absolute Gasteiger partial charge is 0.121 e. The molecule has 1 rings (SSSR count). The molecule has 1 aromatic carbocycles. The van der Waals surface area contributed by atoms with Gasteiger partial charge >= 0.3 is 0 Å². The van der Waals surface area contributed by atoms with E-state index in [0.29, 0.717) is 6.61 Å². The molecule has 0 bridgehead atoms. The van der Waals surface area contributed by atoms with Crippen LogP contribution in [0, 0.1) is 0 Å². The van der Waals surface area contributed by atoms with Crippen LogP contribution in [0.2, 0.25) is 0 Å². The first kappa shape index (κ1) is 17.8. The summed E-state index contributed by atoms with van der Waals surface area (Å²) in [4.78, 5) is 4.91. The Morgan fingerprint density at radius 3 is 2.24 bits per heavy atom. The third-order valence-corrected chi connectivity index (χ3v) is 3.82. The van der Waals surface area contributed by atoms with Crippen molar-refractivity contribution in [1.82, 2.24) is 9.80 Å². The third kappa shape index (κ3) is 7.34. The second-order valence-corrected chi connectivity index (χ2v) is 5.24. The predicted octanol–water partition coefficient (Wildman–Crippen LogP) is 2.70. The van der Waals surface area contributed by atoms with Gasteiger partial charge in [0.05, 0.1) is 0 Å². The van der Waals surface area contributed by atoms with Crippen molar-refractivity contribution in [2.45, 2.75) is 27.2 Å². The zero-order chi connectivity index (χ0) is 15.5. The minimum Gasteiger partial charge on any atom is -0.492 e. The number of nitrogens with zero attached hydrogens (tertiary/aromatic N) is 2. The van der Waals surface area contributed by atoms with Gasteiger partial charge in [-0.3, -0.25) is 0 Å². The minimum atomic E-state index is 0.711. The van der Waals surface area contributed by atoms with Crippen molar-refractivity contribution in [3.8, 4) is 5.75 Å². The van der Waals surface area contributed by atoms with Gasteiger partial charge in [0.2, 0.25) is 0 Å². The Labute approximate surface area is 129 Å². The summed E-state index contributed by atoms with van der Waals surface area (Å²) in [7, 11) is 0. The molecule has 0 radical (unpaired) electrons. The zero-order valence-corrected chi connectivity index (χ0v) is 13.8. The first-order valence-corrected chi connectivity index (χ1v) is 8.12. The highest BCUT2D eigenvalue weighted by Gasteiger charge is 2.04. The van der Waals surface area contributed by atoms with Gasteiger partial charge < -0.3 is 20.3 Å². The van der Waals surface area contributed by atoms with Crippen molar-refractivity contribution >= 4 is 5.69 Å². The summed E-state index contributed by atoms with van der Waals surface area (Å²) in [5.41, 5.74) is 6.49. The maximum Gasteiger partial charge on any atom is 0.121 e. The van der Waals surface area contributed by atoms with Crippen LogP contribution >= 0.6 is 0 Å². The summed E-state index contributed by atoms with van der Waals surface area (Å²) in [5, 5.41) is 0. The first-order valence-electron chi connectivity index (χ1n) is 8.12. The van der Waals surface area contributed by atoms with E-state index >= 15 is 0 Å². The Morgan fingerprint density at radius 2 is 1.62 bits per heavy atom. The molecule has 2 N–H and O–H groups in total. The summed E-state index contributed by atoms with van der Waals surface area (Å²) in [6.07, 6.45) is 1.22. The minimum absolute atomic E-state index is 0.711. The normalized spacial score (nSPS) is 11.3. The lowest BCUT2D eigenvalue weighted by molar-refractivity contribution is 0.202. The van der Waals surface area contributed by atoms with E-state index in [1.54, 1.807) is 0 Å². The Bertz CT molecular complexity index is 380.